The van der Waals surface area contributed by atoms with Crippen LogP contribution in [0, 0.1) is 71.0 Å². The van der Waals surface area contributed by atoms with Gasteiger partial charge in [-0.3, -0.25) is 9.80 Å². The second kappa shape index (κ2) is 20.7. The fraction of sp³-hybridized carbons (Fsp3) is 0.929. The van der Waals surface area contributed by atoms with Crippen molar-refractivity contribution in [3.8, 4) is 0 Å². The Morgan fingerprint density at radius 3 is 0.897 bits per heavy atom. The summed E-state index contributed by atoms with van der Waals surface area (Å²) in [5.41, 5.74) is 0. The highest BCUT2D eigenvalue weighted by molar-refractivity contribution is 5.06. The molecule has 0 saturated heterocycles. The smallest absolute Gasteiger partial charge is 0.0133 e. The largest absolute Gasteiger partial charge is 0.294 e. The minimum atomic E-state index is 0.840. The Morgan fingerprint density at radius 1 is 0.276 bits per heavy atom. The van der Waals surface area contributed by atoms with Gasteiger partial charge in [-0.25, -0.2) is 0 Å². The van der Waals surface area contributed by atoms with Crippen molar-refractivity contribution < 1.29 is 0 Å². The van der Waals surface area contributed by atoms with Crippen LogP contribution in [-0.2, 0) is 0 Å². The maximum Gasteiger partial charge on any atom is 0.0133 e. The number of hydrogen-bond donors (Lipinski definition) is 0. The van der Waals surface area contributed by atoms with E-state index in [0.717, 1.165) is 107 Å². The molecule has 8 fully saturated rings. The zero-order valence-corrected chi connectivity index (χ0v) is 39.4. The molecule has 0 spiro atoms. The molecule has 0 aliphatic heterocycles. The maximum atomic E-state index is 3.37. The number of rotatable bonds is 10. The molecule has 8 aliphatic rings. The van der Waals surface area contributed by atoms with E-state index in [1.807, 2.05) is 0 Å². The van der Waals surface area contributed by atoms with E-state index in [9.17, 15) is 0 Å². The summed E-state index contributed by atoms with van der Waals surface area (Å²) in [5, 5.41) is 0. The van der Waals surface area contributed by atoms with E-state index in [-0.39, 0.29) is 0 Å². The van der Waals surface area contributed by atoms with E-state index in [1.54, 1.807) is 0 Å². The van der Waals surface area contributed by atoms with Gasteiger partial charge in [-0.2, -0.15) is 0 Å². The first-order valence-corrected chi connectivity index (χ1v) is 27.1. The number of allylic oxidation sites excluding steroid dienone is 4. The minimum Gasteiger partial charge on any atom is -0.294 e. The molecule has 8 aliphatic carbocycles. The summed E-state index contributed by atoms with van der Waals surface area (Å²) in [7, 11) is 0. The van der Waals surface area contributed by atoms with Crippen molar-refractivity contribution in [2.45, 2.75) is 258 Å². The third-order valence-electron chi connectivity index (χ3n) is 19.3. The molecule has 330 valence electrons. The average molecular weight is 797 g/mol. The van der Waals surface area contributed by atoms with Gasteiger partial charge in [0.15, 0.2) is 0 Å². The Bertz CT molecular complexity index is 1150. The Morgan fingerprint density at radius 2 is 0.569 bits per heavy atom. The van der Waals surface area contributed by atoms with Crippen molar-refractivity contribution in [2.75, 3.05) is 0 Å². The third-order valence-corrected chi connectivity index (χ3v) is 19.3. The first kappa shape index (κ1) is 44.0. The zero-order valence-electron chi connectivity index (χ0n) is 39.4. The topological polar surface area (TPSA) is 6.48 Å². The molecule has 0 amide bonds. The molecule has 8 saturated carbocycles. The van der Waals surface area contributed by atoms with E-state index < -0.39 is 0 Å². The lowest BCUT2D eigenvalue weighted by Crippen LogP contribution is -2.62. The monoisotopic (exact) mass is 797 g/mol. The van der Waals surface area contributed by atoms with Crippen molar-refractivity contribution in [3.05, 3.63) is 24.3 Å². The molecule has 8 atom stereocenters. The summed E-state index contributed by atoms with van der Waals surface area (Å²) in [6.45, 7) is 15.1. The van der Waals surface area contributed by atoms with Crippen molar-refractivity contribution in [1.29, 1.82) is 0 Å². The van der Waals surface area contributed by atoms with Gasteiger partial charge in [-0.05, 0) is 238 Å². The van der Waals surface area contributed by atoms with Crippen LogP contribution in [-0.4, -0.2) is 46.1 Å². The van der Waals surface area contributed by atoms with Crippen LogP contribution >= 0.6 is 0 Å². The predicted molar refractivity (Wildman–Crippen MR) is 250 cm³/mol. The van der Waals surface area contributed by atoms with Gasteiger partial charge in [0.2, 0.25) is 0 Å². The van der Waals surface area contributed by atoms with Crippen molar-refractivity contribution in [2.24, 2.45) is 71.0 Å². The molecule has 0 bridgehead atoms. The molecule has 0 aromatic rings. The van der Waals surface area contributed by atoms with E-state index in [1.165, 1.54) is 180 Å². The number of hydrogen-bond acceptors (Lipinski definition) is 2. The quantitative estimate of drug-likeness (QED) is 0.203. The summed E-state index contributed by atoms with van der Waals surface area (Å²) >= 11 is 0. The summed E-state index contributed by atoms with van der Waals surface area (Å²) in [6, 6.07) is 5.15. The van der Waals surface area contributed by atoms with Crippen molar-refractivity contribution in [1.82, 2.24) is 9.80 Å². The molecule has 8 unspecified atom stereocenters. The molecule has 0 aromatic heterocycles. The van der Waals surface area contributed by atoms with Crippen LogP contribution < -0.4 is 0 Å². The van der Waals surface area contributed by atoms with Crippen molar-refractivity contribution >= 4 is 0 Å². The Balaban J connectivity index is 0.960. The number of fused-ring (bicyclic) bond motifs is 1. The Kier molecular flexibility index (Phi) is 15.7. The summed E-state index contributed by atoms with van der Waals surface area (Å²) < 4.78 is 0. The summed E-state index contributed by atoms with van der Waals surface area (Å²) in [6.07, 6.45) is 52.2. The molecule has 2 heteroatoms. The van der Waals surface area contributed by atoms with E-state index in [0.29, 0.717) is 0 Å². The lowest BCUT2D eigenvalue weighted by Gasteiger charge is -2.59. The highest BCUT2D eigenvalue weighted by Crippen LogP contribution is 2.50. The lowest BCUT2D eigenvalue weighted by atomic mass is 9.63. The summed E-state index contributed by atoms with van der Waals surface area (Å²) in [5.74, 6) is 10.8. The highest BCUT2D eigenvalue weighted by atomic mass is 15.3. The molecule has 0 radical (unpaired) electrons. The second-order valence-corrected chi connectivity index (χ2v) is 24.3. The fourth-order valence-electron chi connectivity index (χ4n) is 16.6. The van der Waals surface area contributed by atoms with E-state index >= 15 is 0 Å². The Labute approximate surface area is 361 Å². The van der Waals surface area contributed by atoms with Crippen molar-refractivity contribution in [3.63, 3.8) is 0 Å². The number of nitrogens with zero attached hydrogens (tertiary/aromatic N) is 2. The van der Waals surface area contributed by atoms with Gasteiger partial charge in [0, 0.05) is 36.3 Å². The Hall–Kier alpha value is -0.600. The van der Waals surface area contributed by atoms with Gasteiger partial charge in [0.1, 0.15) is 0 Å². The lowest BCUT2D eigenvalue weighted by molar-refractivity contribution is -0.0882. The molecular formula is C56H96N2. The molecule has 2 nitrogen and oxygen atoms in total. The SMILES string of the molecule is CC1CCC(N(C2CCC(/C=C/C3CC(C)CC(C)C3)CC2)C2CCC(N(C3CCC(C)CC3)C3CCC(/C=C/C4CC(C)CC(C)C4)CC3)C3CCCCC32)CC1. The summed E-state index contributed by atoms with van der Waals surface area (Å²) in [4.78, 5) is 6.74. The maximum absolute atomic E-state index is 3.37. The van der Waals surface area contributed by atoms with Crippen LogP contribution in [0.3, 0.4) is 0 Å². The van der Waals surface area contributed by atoms with Gasteiger partial charge in [-0.1, -0.05) is 78.7 Å². The van der Waals surface area contributed by atoms with Gasteiger partial charge < -0.3 is 0 Å². The zero-order chi connectivity index (χ0) is 40.2. The van der Waals surface area contributed by atoms with Crippen LogP contribution in [0.25, 0.3) is 0 Å². The van der Waals surface area contributed by atoms with Crippen LogP contribution in [0.15, 0.2) is 24.3 Å². The molecule has 0 aromatic carbocycles. The van der Waals surface area contributed by atoms with Crippen LogP contribution in [0.1, 0.15) is 221 Å². The van der Waals surface area contributed by atoms with Crippen LogP contribution in [0.5, 0.6) is 0 Å². The predicted octanol–water partition coefficient (Wildman–Crippen LogP) is 15.5. The van der Waals surface area contributed by atoms with Gasteiger partial charge in [-0.15, -0.1) is 0 Å². The second-order valence-electron chi connectivity index (χ2n) is 24.3. The minimum absolute atomic E-state index is 0.840. The first-order valence-electron chi connectivity index (χ1n) is 27.1. The molecular weight excluding hydrogens is 701 g/mol. The highest BCUT2D eigenvalue weighted by Gasteiger charge is 2.50. The van der Waals surface area contributed by atoms with Gasteiger partial charge in [0.05, 0.1) is 0 Å². The van der Waals surface area contributed by atoms with Crippen LogP contribution in [0.2, 0.25) is 0 Å². The molecule has 0 N–H and O–H groups in total. The molecule has 8 rings (SSSR count). The molecule has 0 heterocycles. The third kappa shape index (κ3) is 11.1. The first-order chi connectivity index (χ1) is 28.2. The standard InChI is InChI=1S/C56H96N2/c1-39-11-23-49(24-12-39)57(51-27-19-45(20-28-51)15-17-47-35-41(3)33-42(4)36-47)55-31-32-56(54-10-8-7-9-53(54)55)58(50-25-13-40(2)14-26-50)52-29-21-46(22-30-52)16-18-48-37-43(5)34-44(6)38-48/h15-18,39-56H,7-14,19-38H2,1-6H3/b17-15+,18-16+. The van der Waals surface area contributed by atoms with E-state index in [4.69, 9.17) is 0 Å². The van der Waals surface area contributed by atoms with Gasteiger partial charge in [0.25, 0.3) is 0 Å². The molecule has 58 heavy (non-hydrogen) atoms. The van der Waals surface area contributed by atoms with Crippen LogP contribution in [0.4, 0.5) is 0 Å². The van der Waals surface area contributed by atoms with E-state index in [2.05, 4.69) is 75.6 Å². The average Bonchev–Trinajstić information content (AvgIpc) is 3.22. The fourth-order valence-corrected chi connectivity index (χ4v) is 16.6. The van der Waals surface area contributed by atoms with Gasteiger partial charge >= 0.3 is 0 Å². The normalized spacial score (nSPS) is 47.4.